The molecule has 1 aliphatic heterocycles. The average Bonchev–Trinajstić information content (AvgIpc) is 3.45. The Labute approximate surface area is 179 Å². The van der Waals surface area contributed by atoms with Gasteiger partial charge >= 0.3 is 0 Å². The van der Waals surface area contributed by atoms with Crippen LogP contribution in [-0.2, 0) is 6.54 Å². The van der Waals surface area contributed by atoms with Gasteiger partial charge in [0.1, 0.15) is 11.6 Å². The highest BCUT2D eigenvalue weighted by Gasteiger charge is 2.13. The van der Waals surface area contributed by atoms with Crippen LogP contribution >= 0.6 is 11.6 Å². The summed E-state index contributed by atoms with van der Waals surface area (Å²) in [6.45, 7) is 2.55. The van der Waals surface area contributed by atoms with Gasteiger partial charge in [-0.2, -0.15) is 9.61 Å². The van der Waals surface area contributed by atoms with Crippen molar-refractivity contribution in [2.45, 2.75) is 19.4 Å². The Morgan fingerprint density at radius 1 is 1.00 bits per heavy atom. The summed E-state index contributed by atoms with van der Waals surface area (Å²) in [7, 11) is 0. The normalized spacial score (nSPS) is 13.9. The lowest BCUT2D eigenvalue weighted by Gasteiger charge is -2.18. The van der Waals surface area contributed by atoms with E-state index in [1.165, 1.54) is 24.6 Å². The summed E-state index contributed by atoms with van der Waals surface area (Å²) in [5.74, 6) is 0.413. The molecular formula is C23H21ClFN5. The van der Waals surface area contributed by atoms with Gasteiger partial charge in [-0.05, 0) is 37.1 Å². The fourth-order valence-corrected chi connectivity index (χ4v) is 4.01. The first-order valence-electron chi connectivity index (χ1n) is 10.1. The molecule has 2 aromatic heterocycles. The first-order chi connectivity index (χ1) is 14.7. The second kappa shape index (κ2) is 7.95. The molecule has 0 atom stereocenters. The molecule has 1 saturated heterocycles. The average molecular weight is 422 g/mol. The zero-order valence-corrected chi connectivity index (χ0v) is 17.1. The zero-order valence-electron chi connectivity index (χ0n) is 16.4. The Morgan fingerprint density at radius 3 is 2.57 bits per heavy atom. The summed E-state index contributed by atoms with van der Waals surface area (Å²) in [6, 6.07) is 17.0. The van der Waals surface area contributed by atoms with Gasteiger partial charge in [0, 0.05) is 53.6 Å². The summed E-state index contributed by atoms with van der Waals surface area (Å²) < 4.78 is 15.9. The van der Waals surface area contributed by atoms with E-state index in [2.05, 4.69) is 39.6 Å². The number of nitrogens with zero attached hydrogens (tertiary/aromatic N) is 4. The van der Waals surface area contributed by atoms with Crippen molar-refractivity contribution in [2.24, 2.45) is 0 Å². The molecule has 0 saturated carbocycles. The van der Waals surface area contributed by atoms with Crippen LogP contribution in [0, 0.1) is 5.82 Å². The van der Waals surface area contributed by atoms with Crippen molar-refractivity contribution in [3.8, 4) is 11.3 Å². The number of fused-ring (bicyclic) bond motifs is 1. The molecule has 2 aromatic carbocycles. The Balaban J connectivity index is 1.44. The fraction of sp³-hybridized carbons (Fsp3) is 0.217. The van der Waals surface area contributed by atoms with Crippen LogP contribution in [0.1, 0.15) is 18.4 Å². The molecular weight excluding hydrogens is 401 g/mol. The minimum absolute atomic E-state index is 0.315. The summed E-state index contributed by atoms with van der Waals surface area (Å²) in [4.78, 5) is 7.14. The number of benzene rings is 2. The topological polar surface area (TPSA) is 45.5 Å². The van der Waals surface area contributed by atoms with Crippen LogP contribution in [0.25, 0.3) is 16.9 Å². The standard InChI is InChI=1S/C23H21ClFN5/c24-18-6-3-17(20(25)13-18)15-26-23-14-21(28-22-9-10-27-30(22)23)16-4-7-19(8-5-16)29-11-1-2-12-29/h3-10,13-14,26H,1-2,11-12,15H2. The Hall–Kier alpha value is -3.12. The van der Waals surface area contributed by atoms with Crippen molar-refractivity contribution < 1.29 is 4.39 Å². The number of rotatable bonds is 5. The van der Waals surface area contributed by atoms with Gasteiger partial charge in [0.25, 0.3) is 0 Å². The monoisotopic (exact) mass is 421 g/mol. The van der Waals surface area contributed by atoms with Gasteiger partial charge in [-0.3, -0.25) is 0 Å². The van der Waals surface area contributed by atoms with Crippen LogP contribution in [0.5, 0.6) is 0 Å². The van der Waals surface area contributed by atoms with Crippen LogP contribution in [0.2, 0.25) is 5.02 Å². The molecule has 1 aliphatic rings. The predicted octanol–water partition coefficient (Wildman–Crippen LogP) is 5.40. The van der Waals surface area contributed by atoms with Gasteiger partial charge in [-0.1, -0.05) is 29.8 Å². The van der Waals surface area contributed by atoms with E-state index in [1.54, 1.807) is 22.8 Å². The van der Waals surface area contributed by atoms with Gasteiger partial charge < -0.3 is 10.2 Å². The highest BCUT2D eigenvalue weighted by Crippen LogP contribution is 2.27. The lowest BCUT2D eigenvalue weighted by Crippen LogP contribution is -2.17. The number of anilines is 2. The molecule has 1 N–H and O–H groups in total. The van der Waals surface area contributed by atoms with Crippen molar-refractivity contribution in [3.05, 3.63) is 77.2 Å². The van der Waals surface area contributed by atoms with Crippen LogP contribution in [0.3, 0.4) is 0 Å². The van der Waals surface area contributed by atoms with E-state index >= 15 is 0 Å². The lowest BCUT2D eigenvalue weighted by atomic mass is 10.1. The molecule has 0 radical (unpaired) electrons. The maximum Gasteiger partial charge on any atom is 0.157 e. The highest BCUT2D eigenvalue weighted by atomic mass is 35.5. The smallest absolute Gasteiger partial charge is 0.157 e. The fourth-order valence-electron chi connectivity index (χ4n) is 3.86. The van der Waals surface area contributed by atoms with Gasteiger partial charge in [0.15, 0.2) is 5.65 Å². The molecule has 152 valence electrons. The first-order valence-corrected chi connectivity index (χ1v) is 10.4. The van der Waals surface area contributed by atoms with E-state index in [1.807, 2.05) is 12.1 Å². The minimum Gasteiger partial charge on any atom is -0.372 e. The van der Waals surface area contributed by atoms with Gasteiger partial charge in [0.2, 0.25) is 0 Å². The molecule has 0 aliphatic carbocycles. The van der Waals surface area contributed by atoms with Crippen molar-refractivity contribution in [2.75, 3.05) is 23.3 Å². The van der Waals surface area contributed by atoms with Gasteiger partial charge in [0.05, 0.1) is 11.9 Å². The third-order valence-electron chi connectivity index (χ3n) is 5.47. The van der Waals surface area contributed by atoms with Crippen LogP contribution in [0.4, 0.5) is 15.9 Å². The van der Waals surface area contributed by atoms with Crippen LogP contribution in [0.15, 0.2) is 60.8 Å². The SMILES string of the molecule is Fc1cc(Cl)ccc1CNc1cc(-c2ccc(N3CCCC3)cc2)nc2ccnn12. The number of hydrogen-bond acceptors (Lipinski definition) is 4. The third kappa shape index (κ3) is 3.71. The van der Waals surface area contributed by atoms with E-state index in [-0.39, 0.29) is 5.82 Å². The van der Waals surface area contributed by atoms with E-state index in [0.29, 0.717) is 17.1 Å². The van der Waals surface area contributed by atoms with Crippen molar-refractivity contribution in [1.82, 2.24) is 14.6 Å². The Bertz CT molecular complexity index is 1180. The van der Waals surface area contributed by atoms with Crippen molar-refractivity contribution in [1.29, 1.82) is 0 Å². The molecule has 0 spiro atoms. The highest BCUT2D eigenvalue weighted by molar-refractivity contribution is 6.30. The second-order valence-corrected chi connectivity index (χ2v) is 7.89. The van der Waals surface area contributed by atoms with Crippen LogP contribution < -0.4 is 10.2 Å². The maximum absolute atomic E-state index is 14.2. The quantitative estimate of drug-likeness (QED) is 0.468. The molecule has 0 bridgehead atoms. The molecule has 1 fully saturated rings. The van der Waals surface area contributed by atoms with Gasteiger partial charge in [-0.15, -0.1) is 0 Å². The predicted molar refractivity (Wildman–Crippen MR) is 119 cm³/mol. The van der Waals surface area contributed by atoms with Crippen LogP contribution in [-0.4, -0.2) is 27.7 Å². The molecule has 0 unspecified atom stereocenters. The summed E-state index contributed by atoms with van der Waals surface area (Å²) >= 11 is 5.85. The summed E-state index contributed by atoms with van der Waals surface area (Å²) in [6.07, 6.45) is 4.21. The number of hydrogen-bond donors (Lipinski definition) is 1. The molecule has 3 heterocycles. The molecule has 5 nitrogen and oxygen atoms in total. The van der Waals surface area contributed by atoms with E-state index < -0.39 is 0 Å². The molecule has 7 heteroatoms. The van der Waals surface area contributed by atoms with Crippen molar-refractivity contribution in [3.63, 3.8) is 0 Å². The maximum atomic E-state index is 14.2. The molecule has 30 heavy (non-hydrogen) atoms. The van der Waals surface area contributed by atoms with Crippen molar-refractivity contribution >= 4 is 28.8 Å². The second-order valence-electron chi connectivity index (χ2n) is 7.46. The largest absolute Gasteiger partial charge is 0.372 e. The molecule has 0 amide bonds. The lowest BCUT2D eigenvalue weighted by molar-refractivity contribution is 0.613. The number of nitrogens with one attached hydrogen (secondary N) is 1. The minimum atomic E-state index is -0.335. The third-order valence-corrected chi connectivity index (χ3v) is 5.70. The number of halogens is 2. The Morgan fingerprint density at radius 2 is 1.80 bits per heavy atom. The molecule has 5 rings (SSSR count). The summed E-state index contributed by atoms with van der Waals surface area (Å²) in [5.41, 5.74) is 4.39. The van der Waals surface area contributed by atoms with Gasteiger partial charge in [-0.25, -0.2) is 9.37 Å². The zero-order chi connectivity index (χ0) is 20.5. The molecule has 4 aromatic rings. The Kier molecular flexibility index (Phi) is 5.01. The van der Waals surface area contributed by atoms with E-state index in [9.17, 15) is 4.39 Å². The van der Waals surface area contributed by atoms with E-state index in [4.69, 9.17) is 16.6 Å². The summed E-state index contributed by atoms with van der Waals surface area (Å²) in [5, 5.41) is 8.01. The first kappa shape index (κ1) is 18.9. The number of aromatic nitrogens is 3. The van der Waals surface area contributed by atoms with E-state index in [0.717, 1.165) is 35.8 Å².